The van der Waals surface area contributed by atoms with Crippen molar-refractivity contribution in [2.75, 3.05) is 6.67 Å². The zero-order valence-corrected chi connectivity index (χ0v) is 15.3. The summed E-state index contributed by atoms with van der Waals surface area (Å²) in [7, 11) is 0. The average Bonchev–Trinajstić information content (AvgIpc) is 2.67. The summed E-state index contributed by atoms with van der Waals surface area (Å²) in [5, 5.41) is -0.470. The third-order valence-electron chi connectivity index (χ3n) is 5.16. The van der Waals surface area contributed by atoms with Gasteiger partial charge in [0.05, 0.1) is 6.67 Å². The van der Waals surface area contributed by atoms with E-state index in [1.165, 1.54) is 17.7 Å². The normalized spacial score (nSPS) is 20.6. The quantitative estimate of drug-likeness (QED) is 0.373. The van der Waals surface area contributed by atoms with Crippen LogP contribution in [0.15, 0.2) is 48.6 Å². The summed E-state index contributed by atoms with van der Waals surface area (Å²) in [6.45, 7) is -0.292. The van der Waals surface area contributed by atoms with E-state index in [4.69, 9.17) is 11.6 Å². The van der Waals surface area contributed by atoms with Crippen molar-refractivity contribution < 1.29 is 13.2 Å². The Morgan fingerprint density at radius 3 is 2.12 bits per heavy atom. The zero-order chi connectivity index (χ0) is 18.5. The largest absolute Gasteiger partial charge is 0.251 e. The van der Waals surface area contributed by atoms with Crippen molar-refractivity contribution in [1.29, 1.82) is 0 Å². The van der Waals surface area contributed by atoms with Crippen LogP contribution in [0.5, 0.6) is 0 Å². The second-order valence-electron chi connectivity index (χ2n) is 6.89. The van der Waals surface area contributed by atoms with Crippen LogP contribution in [-0.4, -0.2) is 6.67 Å². The molecule has 0 radical (unpaired) electrons. The first-order chi connectivity index (χ1) is 12.6. The molecule has 4 heteroatoms. The summed E-state index contributed by atoms with van der Waals surface area (Å²) >= 11 is 5.54. The van der Waals surface area contributed by atoms with Gasteiger partial charge in [-0.2, -0.15) is 0 Å². The molecule has 0 N–H and O–H groups in total. The van der Waals surface area contributed by atoms with E-state index < -0.39 is 16.7 Å². The van der Waals surface area contributed by atoms with Gasteiger partial charge in [-0.25, -0.2) is 8.78 Å². The van der Waals surface area contributed by atoms with Crippen molar-refractivity contribution in [3.8, 4) is 11.1 Å². The maximum atomic E-state index is 13.6. The molecule has 0 bridgehead atoms. The monoisotopic (exact) mass is 378 g/mol. The average molecular weight is 379 g/mol. The third-order valence-corrected chi connectivity index (χ3v) is 5.52. The molecule has 1 fully saturated rings. The van der Waals surface area contributed by atoms with Crippen molar-refractivity contribution in [3.63, 3.8) is 0 Å². The Morgan fingerprint density at radius 2 is 1.54 bits per heavy atom. The highest BCUT2D eigenvalue weighted by Crippen LogP contribution is 2.37. The fourth-order valence-electron chi connectivity index (χ4n) is 3.67. The molecule has 0 spiro atoms. The van der Waals surface area contributed by atoms with Gasteiger partial charge in [-0.1, -0.05) is 48.0 Å². The highest BCUT2D eigenvalue weighted by Gasteiger charge is 2.21. The molecule has 1 aliphatic carbocycles. The lowest BCUT2D eigenvalue weighted by Crippen LogP contribution is -2.11. The van der Waals surface area contributed by atoms with E-state index in [-0.39, 0.29) is 6.67 Å². The first kappa shape index (κ1) is 19.0. The maximum absolute atomic E-state index is 13.6. The summed E-state index contributed by atoms with van der Waals surface area (Å²) in [6.07, 6.45) is 9.05. The van der Waals surface area contributed by atoms with Crippen molar-refractivity contribution in [2.24, 2.45) is 5.92 Å². The van der Waals surface area contributed by atoms with Gasteiger partial charge in [-0.15, -0.1) is 0 Å². The van der Waals surface area contributed by atoms with Crippen LogP contribution in [0.4, 0.5) is 13.2 Å². The van der Waals surface area contributed by atoms with E-state index in [0.29, 0.717) is 23.8 Å². The minimum absolute atomic E-state index is 0.292. The number of halogens is 4. The van der Waals surface area contributed by atoms with Crippen LogP contribution < -0.4 is 0 Å². The molecule has 1 aliphatic rings. The maximum Gasteiger partial charge on any atom is 0.145 e. The Kier molecular flexibility index (Phi) is 6.42. The Morgan fingerprint density at radius 1 is 0.923 bits per heavy atom. The fourth-order valence-corrected chi connectivity index (χ4v) is 3.78. The minimum Gasteiger partial charge on any atom is -0.251 e. The van der Waals surface area contributed by atoms with Crippen LogP contribution in [0, 0.1) is 17.6 Å². The van der Waals surface area contributed by atoms with Gasteiger partial charge < -0.3 is 0 Å². The third kappa shape index (κ3) is 4.50. The number of benzene rings is 2. The topological polar surface area (TPSA) is 0 Å². The van der Waals surface area contributed by atoms with Gasteiger partial charge in [0.15, 0.2) is 0 Å². The van der Waals surface area contributed by atoms with E-state index in [2.05, 4.69) is 6.08 Å². The van der Waals surface area contributed by atoms with E-state index in [1.54, 1.807) is 0 Å². The standard InChI is InChI=1S/C22H22ClF3/c23-22-20(25)13-19(14-21(22)26)18-10-8-17(9-11-18)16-6-4-15(5-7-16)3-1-2-12-24/h1,3,8-11,13-16H,2,4-7,12H2/t15-,16-. The number of rotatable bonds is 5. The first-order valence-corrected chi connectivity index (χ1v) is 9.43. The number of allylic oxidation sites excluding steroid dienone is 2. The highest BCUT2D eigenvalue weighted by atomic mass is 35.5. The molecule has 26 heavy (non-hydrogen) atoms. The molecular weight excluding hydrogens is 357 g/mol. The smallest absolute Gasteiger partial charge is 0.145 e. The molecule has 0 amide bonds. The van der Waals surface area contributed by atoms with Crippen LogP contribution >= 0.6 is 11.6 Å². The van der Waals surface area contributed by atoms with Gasteiger partial charge >= 0.3 is 0 Å². The molecule has 0 nitrogen and oxygen atoms in total. The molecule has 0 atom stereocenters. The molecule has 0 aliphatic heterocycles. The van der Waals surface area contributed by atoms with Crippen LogP contribution in [0.1, 0.15) is 43.6 Å². The van der Waals surface area contributed by atoms with Gasteiger partial charge in [0.1, 0.15) is 16.7 Å². The Balaban J connectivity index is 1.65. The minimum atomic E-state index is -0.745. The molecule has 0 saturated heterocycles. The predicted octanol–water partition coefficient (Wildman–Crippen LogP) is 7.47. The summed E-state index contributed by atoms with van der Waals surface area (Å²) in [4.78, 5) is 0. The SMILES string of the molecule is FCCC=C[C@H]1CC[C@H](c2ccc(-c3cc(F)c(Cl)c(F)c3)cc2)CC1. The van der Waals surface area contributed by atoms with Gasteiger partial charge in [0, 0.05) is 0 Å². The van der Waals surface area contributed by atoms with Crippen molar-refractivity contribution in [1.82, 2.24) is 0 Å². The molecule has 0 unspecified atom stereocenters. The molecule has 0 heterocycles. The second kappa shape index (κ2) is 8.77. The summed E-state index contributed by atoms with van der Waals surface area (Å²) in [5.74, 6) is -0.430. The van der Waals surface area contributed by atoms with Gasteiger partial charge in [0.25, 0.3) is 0 Å². The van der Waals surface area contributed by atoms with E-state index in [1.807, 2.05) is 30.3 Å². The van der Waals surface area contributed by atoms with E-state index >= 15 is 0 Å². The van der Waals surface area contributed by atoms with Gasteiger partial charge in [-0.05, 0) is 72.8 Å². The summed E-state index contributed by atoms with van der Waals surface area (Å²) < 4.78 is 39.4. The van der Waals surface area contributed by atoms with Crippen molar-refractivity contribution >= 4 is 11.6 Å². The molecular formula is C22H22ClF3. The van der Waals surface area contributed by atoms with Crippen LogP contribution in [-0.2, 0) is 0 Å². The van der Waals surface area contributed by atoms with E-state index in [9.17, 15) is 13.2 Å². The molecule has 2 aromatic rings. The van der Waals surface area contributed by atoms with Gasteiger partial charge in [0.2, 0.25) is 0 Å². The lowest BCUT2D eigenvalue weighted by atomic mass is 9.78. The molecule has 138 valence electrons. The van der Waals surface area contributed by atoms with Crippen molar-refractivity contribution in [2.45, 2.75) is 38.0 Å². The zero-order valence-electron chi connectivity index (χ0n) is 14.5. The Bertz CT molecular complexity index is 736. The van der Waals surface area contributed by atoms with Gasteiger partial charge in [-0.3, -0.25) is 4.39 Å². The lowest BCUT2D eigenvalue weighted by molar-refractivity contribution is 0.375. The number of hydrogen-bond donors (Lipinski definition) is 0. The molecule has 3 rings (SSSR count). The summed E-state index contributed by atoms with van der Waals surface area (Å²) in [6, 6.07) is 10.4. The number of hydrogen-bond acceptors (Lipinski definition) is 0. The second-order valence-corrected chi connectivity index (χ2v) is 7.27. The fraction of sp³-hybridized carbons (Fsp3) is 0.364. The van der Waals surface area contributed by atoms with Crippen LogP contribution in [0.3, 0.4) is 0 Å². The Hall–Kier alpha value is -1.74. The van der Waals surface area contributed by atoms with Crippen LogP contribution in [0.25, 0.3) is 11.1 Å². The number of alkyl halides is 1. The Labute approximate surface area is 157 Å². The highest BCUT2D eigenvalue weighted by molar-refractivity contribution is 6.31. The van der Waals surface area contributed by atoms with Crippen molar-refractivity contribution in [3.05, 3.63) is 70.8 Å². The van der Waals surface area contributed by atoms with E-state index in [0.717, 1.165) is 31.2 Å². The first-order valence-electron chi connectivity index (χ1n) is 9.06. The predicted molar refractivity (Wildman–Crippen MR) is 101 cm³/mol. The lowest BCUT2D eigenvalue weighted by Gasteiger charge is -2.27. The summed E-state index contributed by atoms with van der Waals surface area (Å²) in [5.41, 5.74) is 2.51. The molecule has 2 aromatic carbocycles. The van der Waals surface area contributed by atoms with Crippen LogP contribution in [0.2, 0.25) is 5.02 Å². The molecule has 1 saturated carbocycles. The molecule has 0 aromatic heterocycles.